The summed E-state index contributed by atoms with van der Waals surface area (Å²) in [7, 11) is 0. The van der Waals surface area contributed by atoms with Crippen LogP contribution in [0.2, 0.25) is 0 Å². The number of aliphatic hydroxyl groups is 1. The van der Waals surface area contributed by atoms with Crippen LogP contribution in [0, 0.1) is 5.92 Å². The topological polar surface area (TPSA) is 52.6 Å². The van der Waals surface area contributed by atoms with E-state index in [2.05, 4.69) is 5.32 Å². The Kier molecular flexibility index (Phi) is 5.22. The highest BCUT2D eigenvalue weighted by molar-refractivity contribution is 5.77. The first-order valence-corrected chi connectivity index (χ1v) is 8.73. The summed E-state index contributed by atoms with van der Waals surface area (Å²) in [6.07, 6.45) is -3.68. The van der Waals surface area contributed by atoms with Gasteiger partial charge in [-0.25, -0.2) is 0 Å². The maximum atomic E-state index is 12.6. The zero-order valence-electron chi connectivity index (χ0n) is 13.9. The van der Waals surface area contributed by atoms with Crippen molar-refractivity contribution < 1.29 is 23.1 Å². The summed E-state index contributed by atoms with van der Waals surface area (Å²) in [4.78, 5) is 13.3. The van der Waals surface area contributed by atoms with Crippen molar-refractivity contribution in [3.63, 3.8) is 0 Å². The van der Waals surface area contributed by atoms with E-state index in [1.54, 1.807) is 0 Å². The average Bonchev–Trinajstić information content (AvgIpc) is 2.54. The molecule has 0 aromatic heterocycles. The number of fused-ring (bicyclic) bond motifs is 1. The highest BCUT2D eigenvalue weighted by Gasteiger charge is 2.47. The van der Waals surface area contributed by atoms with E-state index in [9.17, 15) is 23.1 Å². The third-order valence-electron chi connectivity index (χ3n) is 5.21. The number of aliphatic hydroxyl groups excluding tert-OH is 1. The Labute approximate surface area is 145 Å². The predicted octanol–water partition coefficient (Wildman–Crippen LogP) is 3.53. The lowest BCUT2D eigenvalue weighted by atomic mass is 9.74. The molecule has 0 bridgehead atoms. The normalized spacial score (nSPS) is 29.8. The van der Waals surface area contributed by atoms with Crippen LogP contribution in [-0.2, 0) is 4.79 Å². The van der Waals surface area contributed by atoms with Gasteiger partial charge >= 0.3 is 6.18 Å². The molecule has 1 saturated heterocycles. The van der Waals surface area contributed by atoms with E-state index < -0.39 is 24.7 Å². The number of alkyl halides is 3. The van der Waals surface area contributed by atoms with E-state index in [4.69, 9.17) is 0 Å². The van der Waals surface area contributed by atoms with Gasteiger partial charge in [-0.1, -0.05) is 31.0 Å². The monoisotopic (exact) mass is 356 g/mol. The summed E-state index contributed by atoms with van der Waals surface area (Å²) in [5.74, 6) is -0.968. The number of amides is 1. The third kappa shape index (κ3) is 4.26. The van der Waals surface area contributed by atoms with Crippen molar-refractivity contribution in [2.45, 2.75) is 63.0 Å². The second-order valence-electron chi connectivity index (χ2n) is 6.94. The molecule has 1 saturated carbocycles. The quantitative estimate of drug-likeness (QED) is 0.871. The number of rotatable bonds is 3. The lowest BCUT2D eigenvalue weighted by Gasteiger charge is -2.50. The van der Waals surface area contributed by atoms with Crippen molar-refractivity contribution in [3.8, 4) is 0 Å². The summed E-state index contributed by atoms with van der Waals surface area (Å²) in [5, 5.41) is 13.8. The van der Waals surface area contributed by atoms with Gasteiger partial charge in [0.1, 0.15) is 12.6 Å². The van der Waals surface area contributed by atoms with Gasteiger partial charge in [0.15, 0.2) is 0 Å². The standard InChI is InChI=1S/C18H23F3N2O2/c19-18(20,21)11-17(25)23-15-9-5-4-8-13(15)14(10-16(23)24)22-12-6-2-1-3-7-12/h1-3,6-7,13-16,22,24H,4-5,8-11H2. The maximum absolute atomic E-state index is 12.6. The smallest absolute Gasteiger partial charge is 0.382 e. The van der Waals surface area contributed by atoms with Crippen molar-refractivity contribution in [2.75, 3.05) is 5.32 Å². The van der Waals surface area contributed by atoms with E-state index in [1.165, 1.54) is 0 Å². The summed E-state index contributed by atoms with van der Waals surface area (Å²) in [5.41, 5.74) is 0.916. The number of benzene rings is 1. The van der Waals surface area contributed by atoms with Crippen molar-refractivity contribution in [2.24, 2.45) is 5.92 Å². The fourth-order valence-corrected chi connectivity index (χ4v) is 4.22. The van der Waals surface area contributed by atoms with Gasteiger partial charge in [-0.3, -0.25) is 4.79 Å². The summed E-state index contributed by atoms with van der Waals surface area (Å²) >= 11 is 0. The first-order valence-electron chi connectivity index (χ1n) is 8.73. The minimum absolute atomic E-state index is 0.0505. The molecule has 1 aliphatic heterocycles. The number of likely N-dealkylation sites (tertiary alicyclic amines) is 1. The van der Waals surface area contributed by atoms with Crippen molar-refractivity contribution in [1.82, 2.24) is 4.90 Å². The number of nitrogens with one attached hydrogen (secondary N) is 1. The molecule has 1 heterocycles. The Morgan fingerprint density at radius 1 is 1.20 bits per heavy atom. The molecule has 0 spiro atoms. The van der Waals surface area contributed by atoms with Gasteiger partial charge in [0.2, 0.25) is 5.91 Å². The Morgan fingerprint density at radius 2 is 1.88 bits per heavy atom. The molecular weight excluding hydrogens is 333 g/mol. The van der Waals surface area contributed by atoms with Crippen LogP contribution in [0.4, 0.5) is 18.9 Å². The van der Waals surface area contributed by atoms with E-state index in [0.717, 1.165) is 29.8 Å². The molecule has 4 nitrogen and oxygen atoms in total. The lowest BCUT2D eigenvalue weighted by molar-refractivity contribution is -0.179. The van der Waals surface area contributed by atoms with Crippen LogP contribution < -0.4 is 5.32 Å². The molecule has 4 unspecified atom stereocenters. The molecule has 1 aliphatic carbocycles. The zero-order valence-corrected chi connectivity index (χ0v) is 13.9. The maximum Gasteiger partial charge on any atom is 0.397 e. The number of carbonyl (C=O) groups is 1. The average molecular weight is 356 g/mol. The molecule has 2 N–H and O–H groups in total. The summed E-state index contributed by atoms with van der Waals surface area (Å²) in [6.45, 7) is 0. The van der Waals surface area contributed by atoms with Crippen LogP contribution in [0.3, 0.4) is 0 Å². The minimum Gasteiger partial charge on any atom is -0.382 e. The van der Waals surface area contributed by atoms with Crippen molar-refractivity contribution >= 4 is 11.6 Å². The molecule has 4 atom stereocenters. The van der Waals surface area contributed by atoms with Gasteiger partial charge in [-0.15, -0.1) is 0 Å². The van der Waals surface area contributed by atoms with Crippen LogP contribution in [-0.4, -0.2) is 40.4 Å². The first kappa shape index (κ1) is 18.0. The number of carbonyl (C=O) groups excluding carboxylic acids is 1. The Balaban J connectivity index is 1.78. The van der Waals surface area contributed by atoms with Crippen LogP contribution in [0.1, 0.15) is 38.5 Å². The van der Waals surface area contributed by atoms with Crippen molar-refractivity contribution in [3.05, 3.63) is 30.3 Å². The van der Waals surface area contributed by atoms with Crippen LogP contribution >= 0.6 is 0 Å². The molecule has 0 radical (unpaired) electrons. The molecule has 3 rings (SSSR count). The minimum atomic E-state index is -4.56. The Bertz CT molecular complexity index is 594. The number of hydrogen-bond donors (Lipinski definition) is 2. The molecule has 2 fully saturated rings. The van der Waals surface area contributed by atoms with E-state index in [1.807, 2.05) is 30.3 Å². The highest BCUT2D eigenvalue weighted by atomic mass is 19.4. The highest BCUT2D eigenvalue weighted by Crippen LogP contribution is 2.39. The molecular formula is C18H23F3N2O2. The lowest BCUT2D eigenvalue weighted by Crippen LogP contribution is -2.61. The number of hydrogen-bond acceptors (Lipinski definition) is 3. The first-order chi connectivity index (χ1) is 11.8. The van der Waals surface area contributed by atoms with E-state index >= 15 is 0 Å². The Morgan fingerprint density at radius 3 is 2.56 bits per heavy atom. The van der Waals surface area contributed by atoms with Gasteiger partial charge in [-0.2, -0.15) is 13.2 Å². The van der Waals surface area contributed by atoms with E-state index in [-0.39, 0.29) is 24.4 Å². The van der Waals surface area contributed by atoms with Crippen molar-refractivity contribution in [1.29, 1.82) is 0 Å². The summed E-state index contributed by atoms with van der Waals surface area (Å²) < 4.78 is 37.9. The molecule has 138 valence electrons. The molecule has 1 aromatic carbocycles. The van der Waals surface area contributed by atoms with Crippen LogP contribution in [0.5, 0.6) is 0 Å². The molecule has 7 heteroatoms. The molecule has 1 aromatic rings. The van der Waals surface area contributed by atoms with Crippen LogP contribution in [0.25, 0.3) is 0 Å². The number of anilines is 1. The SMILES string of the molecule is O=C(CC(F)(F)F)N1C(O)CC(Nc2ccccc2)C2CCCCC21. The van der Waals surface area contributed by atoms with E-state index in [0.29, 0.717) is 6.42 Å². The fourth-order valence-electron chi connectivity index (χ4n) is 4.22. The van der Waals surface area contributed by atoms with Gasteiger partial charge in [0.25, 0.3) is 0 Å². The largest absolute Gasteiger partial charge is 0.397 e. The Hall–Kier alpha value is -1.76. The predicted molar refractivity (Wildman–Crippen MR) is 87.7 cm³/mol. The second-order valence-corrected chi connectivity index (χ2v) is 6.94. The number of halogens is 3. The number of nitrogens with zero attached hydrogens (tertiary/aromatic N) is 1. The summed E-state index contributed by atoms with van der Waals surface area (Å²) in [6, 6.07) is 9.16. The zero-order chi connectivity index (χ0) is 18.0. The molecule has 25 heavy (non-hydrogen) atoms. The molecule has 2 aliphatic rings. The van der Waals surface area contributed by atoms with Crippen LogP contribution in [0.15, 0.2) is 30.3 Å². The van der Waals surface area contributed by atoms with Gasteiger partial charge < -0.3 is 15.3 Å². The second kappa shape index (κ2) is 7.23. The van der Waals surface area contributed by atoms with Gasteiger partial charge in [-0.05, 0) is 30.9 Å². The molecule has 1 amide bonds. The number of para-hydroxylation sites is 1. The fraction of sp³-hybridized carbons (Fsp3) is 0.611. The third-order valence-corrected chi connectivity index (χ3v) is 5.21. The number of piperidine rings is 1. The van der Waals surface area contributed by atoms with Gasteiger partial charge in [0, 0.05) is 24.2 Å². The van der Waals surface area contributed by atoms with Gasteiger partial charge in [0.05, 0.1) is 0 Å².